The van der Waals surface area contributed by atoms with Crippen LogP contribution in [-0.2, 0) is 4.79 Å². The first kappa shape index (κ1) is 15.7. The molecular weight excluding hydrogens is 302 g/mol. The van der Waals surface area contributed by atoms with Crippen LogP contribution in [0.1, 0.15) is 54.4 Å². The molecule has 0 radical (unpaired) electrons. The van der Waals surface area contributed by atoms with Crippen molar-refractivity contribution in [3.05, 3.63) is 35.4 Å². The van der Waals surface area contributed by atoms with Gasteiger partial charge in [-0.25, -0.2) is 4.79 Å². The number of hydrogen-bond acceptors (Lipinski definition) is 2. The summed E-state index contributed by atoms with van der Waals surface area (Å²) in [6, 6.07) is 6.54. The third kappa shape index (κ3) is 2.62. The predicted octanol–water partition coefficient (Wildman–Crippen LogP) is 3.39. The number of hydrogen-bond donors (Lipinski definition) is 2. The molecule has 0 heterocycles. The Kier molecular flexibility index (Phi) is 3.66. The van der Waals surface area contributed by atoms with E-state index < -0.39 is 12.0 Å². The van der Waals surface area contributed by atoms with Crippen molar-refractivity contribution in [3.8, 4) is 0 Å². The van der Waals surface area contributed by atoms with E-state index in [9.17, 15) is 14.7 Å². The lowest BCUT2D eigenvalue weighted by Gasteiger charge is -2.58. The van der Waals surface area contributed by atoms with Crippen LogP contribution in [0.4, 0.5) is 0 Å². The maximum absolute atomic E-state index is 12.6. The third-order valence-electron chi connectivity index (χ3n) is 6.53. The van der Waals surface area contributed by atoms with Crippen molar-refractivity contribution in [2.75, 3.05) is 0 Å². The van der Waals surface area contributed by atoms with Gasteiger partial charge in [0.25, 0.3) is 5.91 Å². The Morgan fingerprint density at radius 2 is 1.54 bits per heavy atom. The van der Waals surface area contributed by atoms with Crippen LogP contribution in [-0.4, -0.2) is 23.0 Å². The highest BCUT2D eigenvalue weighted by atomic mass is 16.4. The summed E-state index contributed by atoms with van der Waals surface area (Å²) >= 11 is 0. The maximum atomic E-state index is 12.6. The van der Waals surface area contributed by atoms with Gasteiger partial charge in [0, 0.05) is 11.0 Å². The standard InChI is InChI=1S/C20H25NO3/c1-12-2-4-16(5-3-12)18(22)21-17(19(23)24)20-9-13-6-14(10-20)8-15(7-13)11-20/h2-5,13-15,17H,6-11H2,1H3,(H,21,22)(H,23,24). The van der Waals surface area contributed by atoms with Crippen LogP contribution in [0.2, 0.25) is 0 Å². The second-order valence-electron chi connectivity index (χ2n) is 8.39. The van der Waals surface area contributed by atoms with Crippen LogP contribution < -0.4 is 5.32 Å². The largest absolute Gasteiger partial charge is 0.480 e. The van der Waals surface area contributed by atoms with Crippen molar-refractivity contribution in [3.63, 3.8) is 0 Å². The van der Waals surface area contributed by atoms with E-state index in [0.29, 0.717) is 23.3 Å². The molecule has 0 spiro atoms. The zero-order valence-electron chi connectivity index (χ0n) is 14.1. The molecule has 0 saturated heterocycles. The minimum absolute atomic E-state index is 0.235. The molecule has 0 aliphatic heterocycles. The summed E-state index contributed by atoms with van der Waals surface area (Å²) in [6.07, 6.45) is 6.67. The average Bonchev–Trinajstić information content (AvgIpc) is 2.51. The molecule has 1 aromatic carbocycles. The minimum atomic E-state index is -0.877. The number of carboxylic acid groups (broad SMARTS) is 1. The highest BCUT2D eigenvalue weighted by molar-refractivity contribution is 5.96. The van der Waals surface area contributed by atoms with E-state index in [1.807, 2.05) is 19.1 Å². The zero-order valence-corrected chi connectivity index (χ0v) is 14.1. The van der Waals surface area contributed by atoms with Crippen molar-refractivity contribution in [1.29, 1.82) is 0 Å². The van der Waals surface area contributed by atoms with Gasteiger partial charge in [0.05, 0.1) is 0 Å². The van der Waals surface area contributed by atoms with Gasteiger partial charge in [-0.3, -0.25) is 4.79 Å². The summed E-state index contributed by atoms with van der Waals surface area (Å²) in [5, 5.41) is 12.7. The van der Waals surface area contributed by atoms with Crippen LogP contribution in [0, 0.1) is 30.1 Å². The monoisotopic (exact) mass is 327 g/mol. The van der Waals surface area contributed by atoms with Crippen LogP contribution in [0.3, 0.4) is 0 Å². The van der Waals surface area contributed by atoms with E-state index in [1.165, 1.54) is 19.3 Å². The van der Waals surface area contributed by atoms with Gasteiger partial charge in [0.1, 0.15) is 6.04 Å². The highest BCUT2D eigenvalue weighted by Crippen LogP contribution is 2.61. The molecule has 4 aliphatic rings. The molecule has 1 atom stereocenters. The number of aryl methyl sites for hydroxylation is 1. The van der Waals surface area contributed by atoms with Gasteiger partial charge in [0.2, 0.25) is 0 Å². The van der Waals surface area contributed by atoms with Gasteiger partial charge in [0.15, 0.2) is 0 Å². The van der Waals surface area contributed by atoms with Crippen LogP contribution in [0.5, 0.6) is 0 Å². The molecule has 1 aromatic rings. The average molecular weight is 327 g/mol. The Morgan fingerprint density at radius 1 is 1.04 bits per heavy atom. The Bertz CT molecular complexity index is 629. The van der Waals surface area contributed by atoms with E-state index in [1.54, 1.807) is 12.1 Å². The number of rotatable bonds is 4. The van der Waals surface area contributed by atoms with E-state index >= 15 is 0 Å². The highest BCUT2D eigenvalue weighted by Gasteiger charge is 2.56. The van der Waals surface area contributed by atoms with E-state index in [4.69, 9.17) is 0 Å². The van der Waals surface area contributed by atoms with Crippen molar-refractivity contribution >= 4 is 11.9 Å². The number of amides is 1. The van der Waals surface area contributed by atoms with Crippen molar-refractivity contribution < 1.29 is 14.7 Å². The first-order valence-corrected chi connectivity index (χ1v) is 9.05. The molecule has 5 rings (SSSR count). The predicted molar refractivity (Wildman–Crippen MR) is 90.7 cm³/mol. The normalized spacial score (nSPS) is 34.8. The summed E-state index contributed by atoms with van der Waals surface area (Å²) in [4.78, 5) is 24.6. The third-order valence-corrected chi connectivity index (χ3v) is 6.53. The summed E-state index contributed by atoms with van der Waals surface area (Å²) in [5.74, 6) is 0.841. The topological polar surface area (TPSA) is 66.4 Å². The Balaban J connectivity index is 1.57. The maximum Gasteiger partial charge on any atom is 0.326 e. The number of nitrogens with one attached hydrogen (secondary N) is 1. The molecule has 4 aliphatic carbocycles. The lowest BCUT2D eigenvalue weighted by Crippen LogP contribution is -2.59. The minimum Gasteiger partial charge on any atom is -0.480 e. The van der Waals surface area contributed by atoms with E-state index in [0.717, 1.165) is 24.8 Å². The zero-order chi connectivity index (χ0) is 16.9. The van der Waals surface area contributed by atoms with Gasteiger partial charge in [-0.05, 0) is 75.3 Å². The molecule has 4 heteroatoms. The molecule has 128 valence electrons. The Morgan fingerprint density at radius 3 is 2.00 bits per heavy atom. The quantitative estimate of drug-likeness (QED) is 0.891. The summed E-state index contributed by atoms with van der Waals surface area (Å²) in [6.45, 7) is 1.97. The molecule has 1 amide bonds. The number of carbonyl (C=O) groups is 2. The Labute approximate surface area is 142 Å². The Hall–Kier alpha value is -1.84. The van der Waals surface area contributed by atoms with Crippen molar-refractivity contribution in [2.45, 2.75) is 51.5 Å². The van der Waals surface area contributed by atoms with Gasteiger partial charge in [-0.15, -0.1) is 0 Å². The van der Waals surface area contributed by atoms with Gasteiger partial charge >= 0.3 is 5.97 Å². The number of carbonyl (C=O) groups excluding carboxylic acids is 1. The first-order valence-electron chi connectivity index (χ1n) is 9.05. The van der Waals surface area contributed by atoms with Gasteiger partial charge in [-0.2, -0.15) is 0 Å². The van der Waals surface area contributed by atoms with Crippen LogP contribution in [0.25, 0.3) is 0 Å². The lowest BCUT2D eigenvalue weighted by atomic mass is 9.47. The SMILES string of the molecule is Cc1ccc(C(=O)NC(C(=O)O)C23CC4CC(CC(C4)C2)C3)cc1. The summed E-state index contributed by atoms with van der Waals surface area (Å²) < 4.78 is 0. The molecular formula is C20H25NO3. The summed E-state index contributed by atoms with van der Waals surface area (Å²) in [5.41, 5.74) is 1.39. The molecule has 4 saturated carbocycles. The molecule has 24 heavy (non-hydrogen) atoms. The second-order valence-corrected chi connectivity index (χ2v) is 8.39. The fourth-order valence-electron chi connectivity index (χ4n) is 5.93. The van der Waals surface area contributed by atoms with Gasteiger partial charge < -0.3 is 10.4 Å². The fraction of sp³-hybridized carbons (Fsp3) is 0.600. The fourth-order valence-corrected chi connectivity index (χ4v) is 5.93. The molecule has 4 fully saturated rings. The lowest BCUT2D eigenvalue weighted by molar-refractivity contribution is -0.150. The molecule has 4 bridgehead atoms. The van der Waals surface area contributed by atoms with Crippen molar-refractivity contribution in [1.82, 2.24) is 5.32 Å². The number of benzene rings is 1. The molecule has 4 nitrogen and oxygen atoms in total. The number of carboxylic acids is 1. The molecule has 2 N–H and O–H groups in total. The second kappa shape index (κ2) is 5.61. The van der Waals surface area contributed by atoms with Crippen molar-refractivity contribution in [2.24, 2.45) is 23.2 Å². The van der Waals surface area contributed by atoms with E-state index in [2.05, 4.69) is 5.32 Å². The van der Waals surface area contributed by atoms with Gasteiger partial charge in [-0.1, -0.05) is 17.7 Å². The van der Waals surface area contributed by atoms with E-state index in [-0.39, 0.29) is 11.3 Å². The smallest absolute Gasteiger partial charge is 0.326 e. The van der Waals surface area contributed by atoms with Crippen LogP contribution in [0.15, 0.2) is 24.3 Å². The first-order chi connectivity index (χ1) is 11.4. The molecule has 1 unspecified atom stereocenters. The van der Waals surface area contributed by atoms with Crippen LogP contribution >= 0.6 is 0 Å². The molecule has 0 aromatic heterocycles. The number of aliphatic carboxylic acids is 1. The summed E-state index contributed by atoms with van der Waals surface area (Å²) in [7, 11) is 0.